The molecule has 1 aromatic heterocycles. The summed E-state index contributed by atoms with van der Waals surface area (Å²) in [5.74, 6) is 0. The summed E-state index contributed by atoms with van der Waals surface area (Å²) in [7, 11) is 2.01. The van der Waals surface area contributed by atoms with Gasteiger partial charge in [0, 0.05) is 43.4 Å². The van der Waals surface area contributed by atoms with E-state index in [1.165, 1.54) is 37.2 Å². The first-order valence-corrected chi connectivity index (χ1v) is 7.85. The van der Waals surface area contributed by atoms with Crippen molar-refractivity contribution < 1.29 is 0 Å². The van der Waals surface area contributed by atoms with Gasteiger partial charge >= 0.3 is 0 Å². The normalized spacial score (nSPS) is 18.6. The highest BCUT2D eigenvalue weighted by Gasteiger charge is 2.22. The fourth-order valence-corrected chi connectivity index (χ4v) is 3.00. The van der Waals surface area contributed by atoms with Crippen LogP contribution in [0, 0.1) is 0 Å². The molecule has 0 aromatic carbocycles. The van der Waals surface area contributed by atoms with E-state index in [0.717, 1.165) is 13.1 Å². The lowest BCUT2D eigenvalue weighted by Gasteiger charge is -2.22. The number of likely N-dealkylation sites (tertiary alicyclic amines) is 1. The van der Waals surface area contributed by atoms with Gasteiger partial charge in [-0.15, -0.1) is 0 Å². The minimum Gasteiger partial charge on any atom is -0.309 e. The molecule has 1 N–H and O–H groups in total. The number of nitrogens with zero attached hydrogens (tertiary/aromatic N) is 3. The zero-order chi connectivity index (χ0) is 14.8. The first-order valence-electron chi connectivity index (χ1n) is 7.85. The van der Waals surface area contributed by atoms with Gasteiger partial charge in [-0.25, -0.2) is 0 Å². The predicted molar refractivity (Wildman–Crippen MR) is 83.9 cm³/mol. The molecule has 0 saturated carbocycles. The SMILES string of the molecule is CC(CN1CCCC1)NCc1cn(C)nc1C(C)(C)C. The molecular weight excluding hydrogens is 248 g/mol. The van der Waals surface area contributed by atoms with E-state index in [-0.39, 0.29) is 5.41 Å². The van der Waals surface area contributed by atoms with E-state index in [1.54, 1.807) is 0 Å². The number of nitrogens with one attached hydrogen (secondary N) is 1. The summed E-state index contributed by atoms with van der Waals surface area (Å²) in [5, 5.41) is 8.29. The molecule has 1 aliphatic heterocycles. The molecule has 0 radical (unpaired) electrons. The molecule has 1 aliphatic rings. The van der Waals surface area contributed by atoms with Crippen molar-refractivity contribution in [3.8, 4) is 0 Å². The molecule has 1 aromatic rings. The number of hydrogen-bond acceptors (Lipinski definition) is 3. The highest BCUT2D eigenvalue weighted by Crippen LogP contribution is 2.24. The van der Waals surface area contributed by atoms with Crippen molar-refractivity contribution in [2.45, 2.75) is 58.5 Å². The van der Waals surface area contributed by atoms with E-state index in [1.807, 2.05) is 11.7 Å². The maximum atomic E-state index is 4.63. The zero-order valence-corrected chi connectivity index (χ0v) is 13.7. The summed E-state index contributed by atoms with van der Waals surface area (Å²) in [6.07, 6.45) is 4.88. The molecule has 1 saturated heterocycles. The van der Waals surface area contributed by atoms with Crippen molar-refractivity contribution in [2.75, 3.05) is 19.6 Å². The van der Waals surface area contributed by atoms with Gasteiger partial charge in [0.2, 0.25) is 0 Å². The maximum Gasteiger partial charge on any atom is 0.0722 e. The summed E-state index contributed by atoms with van der Waals surface area (Å²) in [4.78, 5) is 2.56. The first kappa shape index (κ1) is 15.5. The van der Waals surface area contributed by atoms with E-state index < -0.39 is 0 Å². The van der Waals surface area contributed by atoms with Gasteiger partial charge in [-0.2, -0.15) is 5.10 Å². The highest BCUT2D eigenvalue weighted by atomic mass is 15.3. The fraction of sp³-hybridized carbons (Fsp3) is 0.812. The third kappa shape index (κ3) is 4.06. The van der Waals surface area contributed by atoms with Gasteiger partial charge in [-0.3, -0.25) is 4.68 Å². The summed E-state index contributed by atoms with van der Waals surface area (Å²) in [5.41, 5.74) is 2.64. The smallest absolute Gasteiger partial charge is 0.0722 e. The van der Waals surface area contributed by atoms with E-state index in [2.05, 4.69) is 49.2 Å². The van der Waals surface area contributed by atoms with Crippen molar-refractivity contribution in [2.24, 2.45) is 7.05 Å². The van der Waals surface area contributed by atoms with E-state index in [4.69, 9.17) is 0 Å². The lowest BCUT2D eigenvalue weighted by atomic mass is 9.89. The fourth-order valence-electron chi connectivity index (χ4n) is 3.00. The van der Waals surface area contributed by atoms with Crippen LogP contribution in [0.25, 0.3) is 0 Å². The minimum atomic E-state index is 0.108. The molecule has 2 heterocycles. The van der Waals surface area contributed by atoms with Crippen LogP contribution >= 0.6 is 0 Å². The van der Waals surface area contributed by atoms with Crippen molar-refractivity contribution >= 4 is 0 Å². The van der Waals surface area contributed by atoms with Crippen LogP contribution in [-0.2, 0) is 19.0 Å². The Morgan fingerprint density at radius 2 is 1.95 bits per heavy atom. The molecule has 0 spiro atoms. The van der Waals surface area contributed by atoms with Crippen LogP contribution in [0.3, 0.4) is 0 Å². The van der Waals surface area contributed by atoms with Gasteiger partial charge in [0.15, 0.2) is 0 Å². The maximum absolute atomic E-state index is 4.63. The Labute approximate surface area is 123 Å². The van der Waals surface area contributed by atoms with Crippen LogP contribution < -0.4 is 5.32 Å². The largest absolute Gasteiger partial charge is 0.309 e. The molecule has 1 fully saturated rings. The Kier molecular flexibility index (Phi) is 4.86. The molecule has 1 atom stereocenters. The molecule has 1 unspecified atom stereocenters. The monoisotopic (exact) mass is 278 g/mol. The first-order chi connectivity index (χ1) is 9.36. The Hall–Kier alpha value is -0.870. The minimum absolute atomic E-state index is 0.108. The average Bonchev–Trinajstić information content (AvgIpc) is 2.95. The second-order valence-corrected chi connectivity index (χ2v) is 7.22. The predicted octanol–water partition coefficient (Wildman–Crippen LogP) is 2.29. The second kappa shape index (κ2) is 6.27. The highest BCUT2D eigenvalue weighted by molar-refractivity contribution is 5.23. The number of rotatable bonds is 5. The van der Waals surface area contributed by atoms with Crippen molar-refractivity contribution in [1.82, 2.24) is 20.0 Å². The van der Waals surface area contributed by atoms with Crippen LogP contribution in [0.4, 0.5) is 0 Å². The van der Waals surface area contributed by atoms with Gasteiger partial charge in [-0.05, 0) is 32.9 Å². The van der Waals surface area contributed by atoms with Gasteiger partial charge < -0.3 is 10.2 Å². The summed E-state index contributed by atoms with van der Waals surface area (Å²) in [6, 6.07) is 0.529. The van der Waals surface area contributed by atoms with Crippen LogP contribution in [-0.4, -0.2) is 40.4 Å². The molecule has 4 nitrogen and oxygen atoms in total. The van der Waals surface area contributed by atoms with E-state index in [0.29, 0.717) is 6.04 Å². The van der Waals surface area contributed by atoms with Gasteiger partial charge in [0.25, 0.3) is 0 Å². The molecule has 0 amide bonds. The Morgan fingerprint density at radius 1 is 1.30 bits per heavy atom. The van der Waals surface area contributed by atoms with Gasteiger partial charge in [0.1, 0.15) is 0 Å². The third-order valence-electron chi connectivity index (χ3n) is 3.99. The third-order valence-corrected chi connectivity index (χ3v) is 3.99. The topological polar surface area (TPSA) is 33.1 Å². The molecule has 4 heteroatoms. The van der Waals surface area contributed by atoms with Crippen molar-refractivity contribution in [3.63, 3.8) is 0 Å². The zero-order valence-electron chi connectivity index (χ0n) is 13.7. The van der Waals surface area contributed by atoms with Crippen LogP contribution in [0.1, 0.15) is 51.8 Å². The lowest BCUT2D eigenvalue weighted by Crippen LogP contribution is -2.37. The Bertz CT molecular complexity index is 424. The molecule has 0 bridgehead atoms. The van der Waals surface area contributed by atoms with Gasteiger partial charge in [-0.1, -0.05) is 20.8 Å². The molecular formula is C16H30N4. The lowest BCUT2D eigenvalue weighted by molar-refractivity contribution is 0.298. The van der Waals surface area contributed by atoms with Crippen molar-refractivity contribution in [1.29, 1.82) is 0 Å². The number of aryl methyl sites for hydroxylation is 1. The summed E-state index contributed by atoms with van der Waals surface area (Å²) < 4.78 is 1.93. The molecule has 114 valence electrons. The number of aromatic nitrogens is 2. The quantitative estimate of drug-likeness (QED) is 0.897. The van der Waals surface area contributed by atoms with Crippen LogP contribution in [0.5, 0.6) is 0 Å². The summed E-state index contributed by atoms with van der Waals surface area (Å²) >= 11 is 0. The van der Waals surface area contributed by atoms with Crippen LogP contribution in [0.2, 0.25) is 0 Å². The average molecular weight is 278 g/mol. The Balaban J connectivity index is 1.90. The summed E-state index contributed by atoms with van der Waals surface area (Å²) in [6.45, 7) is 13.6. The van der Waals surface area contributed by atoms with Crippen LogP contribution in [0.15, 0.2) is 6.20 Å². The van der Waals surface area contributed by atoms with Crippen molar-refractivity contribution in [3.05, 3.63) is 17.5 Å². The Morgan fingerprint density at radius 3 is 2.55 bits per heavy atom. The molecule has 20 heavy (non-hydrogen) atoms. The van der Waals surface area contributed by atoms with E-state index >= 15 is 0 Å². The van der Waals surface area contributed by atoms with E-state index in [9.17, 15) is 0 Å². The molecule has 2 rings (SSSR count). The standard InChI is InChI=1S/C16H30N4/c1-13(11-20-8-6-7-9-20)17-10-14-12-19(5)18-15(14)16(2,3)4/h12-13,17H,6-11H2,1-5H3. The second-order valence-electron chi connectivity index (χ2n) is 7.22. The van der Waals surface area contributed by atoms with Gasteiger partial charge in [0.05, 0.1) is 5.69 Å². The number of hydrogen-bond donors (Lipinski definition) is 1. The molecule has 0 aliphatic carbocycles.